The molecule has 0 aliphatic carbocycles. The fourth-order valence-corrected chi connectivity index (χ4v) is 10.2. The second-order valence-corrected chi connectivity index (χ2v) is 22.5. The van der Waals surface area contributed by atoms with Gasteiger partial charge in [0.1, 0.15) is 0 Å². The lowest BCUT2D eigenvalue weighted by molar-refractivity contribution is -0.143. The van der Waals surface area contributed by atoms with E-state index in [1.165, 1.54) is 283 Å². The summed E-state index contributed by atoms with van der Waals surface area (Å²) in [4.78, 5) is 24.6. The Balaban J connectivity index is 3.46. The number of carbonyl (C=O) groups is 2. The molecule has 6 nitrogen and oxygen atoms in total. The summed E-state index contributed by atoms with van der Waals surface area (Å²) >= 11 is 0. The van der Waals surface area contributed by atoms with E-state index in [9.17, 15) is 19.8 Å². The maximum absolute atomic E-state index is 12.5. The molecule has 3 N–H and O–H groups in total. The first-order valence-corrected chi connectivity index (χ1v) is 32.6. The topological polar surface area (TPSA) is 95.9 Å². The van der Waals surface area contributed by atoms with Crippen LogP contribution in [0.3, 0.4) is 0 Å². The van der Waals surface area contributed by atoms with Crippen LogP contribution in [0, 0.1) is 0 Å². The molecule has 0 aromatic heterocycles. The highest BCUT2D eigenvalue weighted by atomic mass is 16.5. The van der Waals surface area contributed by atoms with Gasteiger partial charge in [0, 0.05) is 12.8 Å². The third-order valence-electron chi connectivity index (χ3n) is 15.2. The van der Waals surface area contributed by atoms with Crippen LogP contribution < -0.4 is 5.32 Å². The van der Waals surface area contributed by atoms with E-state index < -0.39 is 12.1 Å². The maximum Gasteiger partial charge on any atom is 0.305 e. The van der Waals surface area contributed by atoms with E-state index in [0.29, 0.717) is 19.4 Å². The van der Waals surface area contributed by atoms with Gasteiger partial charge in [0.05, 0.1) is 25.4 Å². The van der Waals surface area contributed by atoms with Gasteiger partial charge in [-0.3, -0.25) is 9.59 Å². The van der Waals surface area contributed by atoms with Crippen LogP contribution in [0.4, 0.5) is 0 Å². The molecule has 0 bridgehead atoms. The maximum atomic E-state index is 12.5. The van der Waals surface area contributed by atoms with Gasteiger partial charge in [-0.2, -0.15) is 0 Å². The van der Waals surface area contributed by atoms with Crippen molar-refractivity contribution in [3.05, 3.63) is 24.3 Å². The number of nitrogens with one attached hydrogen (secondary N) is 1. The summed E-state index contributed by atoms with van der Waals surface area (Å²) in [7, 11) is 0. The van der Waals surface area contributed by atoms with Gasteiger partial charge in [-0.05, 0) is 57.8 Å². The summed E-state index contributed by atoms with van der Waals surface area (Å²) in [6, 6.07) is -0.636. The molecule has 0 rings (SSSR count). The Kier molecular flexibility index (Phi) is 60.5. The summed E-state index contributed by atoms with van der Waals surface area (Å²) in [6.45, 7) is 4.92. The summed E-state index contributed by atoms with van der Waals surface area (Å²) in [5.74, 6) is -0.0674. The Bertz CT molecular complexity index is 1120. The van der Waals surface area contributed by atoms with Crippen molar-refractivity contribution < 1.29 is 24.5 Å². The number of ether oxygens (including phenoxy) is 1. The first-order chi connectivity index (χ1) is 35.5. The summed E-state index contributed by atoms with van der Waals surface area (Å²) in [6.07, 6.45) is 76.5. The van der Waals surface area contributed by atoms with Crippen molar-refractivity contribution in [3.8, 4) is 0 Å². The highest BCUT2D eigenvalue weighted by Crippen LogP contribution is 2.18. The Labute approximate surface area is 450 Å². The number of carbonyl (C=O) groups excluding carboxylic acids is 2. The Morgan fingerprint density at radius 1 is 0.375 bits per heavy atom. The van der Waals surface area contributed by atoms with Crippen LogP contribution in [-0.4, -0.2) is 47.4 Å². The van der Waals surface area contributed by atoms with E-state index in [2.05, 4.69) is 31.3 Å². The standard InChI is InChI=1S/C66H127NO5/c1-3-5-7-9-11-13-15-17-19-20-21-22-24-27-31-34-38-42-46-50-54-58-64(69)63(62-68)67-65(70)59-55-51-47-43-39-35-32-28-25-23-26-29-33-37-41-45-49-53-57-61-72-66(71)60-56-52-48-44-40-36-30-18-16-14-12-10-8-6-4-2/h23,25,54,58,63-64,68-69H,3-22,24,26-53,55-57,59-62H2,1-2H3,(H,67,70)/b25-23-,58-54+. The number of aliphatic hydroxyl groups excluding tert-OH is 2. The molecule has 0 aromatic carbocycles. The molecule has 426 valence electrons. The van der Waals surface area contributed by atoms with Crippen LogP contribution in [0.5, 0.6) is 0 Å². The van der Waals surface area contributed by atoms with E-state index in [1.807, 2.05) is 6.08 Å². The number of unbranched alkanes of at least 4 members (excludes halogenated alkanes) is 48. The highest BCUT2D eigenvalue weighted by Gasteiger charge is 2.18. The average molecular weight is 1010 g/mol. The van der Waals surface area contributed by atoms with Crippen LogP contribution >= 0.6 is 0 Å². The fourth-order valence-electron chi connectivity index (χ4n) is 10.2. The number of amides is 1. The third-order valence-corrected chi connectivity index (χ3v) is 15.2. The number of aliphatic hydroxyl groups is 2. The van der Waals surface area contributed by atoms with Crippen LogP contribution in [0.1, 0.15) is 361 Å². The highest BCUT2D eigenvalue weighted by molar-refractivity contribution is 5.76. The quantitative estimate of drug-likeness (QED) is 0.0320. The molecule has 2 unspecified atom stereocenters. The smallest absolute Gasteiger partial charge is 0.305 e. The molecule has 0 aromatic rings. The molecular formula is C66H127NO5. The van der Waals surface area contributed by atoms with Gasteiger partial charge in [-0.15, -0.1) is 0 Å². The SMILES string of the molecule is CCCCCCCCCCCCCCCCCCCCC/C=C/C(O)C(CO)NC(=O)CCCCCCCCC/C=C\CCCCCCCCCCOC(=O)CCCCCCCCCCCCCCCCC. The molecule has 0 saturated heterocycles. The summed E-state index contributed by atoms with van der Waals surface area (Å²) < 4.78 is 5.49. The van der Waals surface area contributed by atoms with E-state index in [-0.39, 0.29) is 18.5 Å². The van der Waals surface area contributed by atoms with E-state index >= 15 is 0 Å². The van der Waals surface area contributed by atoms with Crippen molar-refractivity contribution in [1.29, 1.82) is 0 Å². The average Bonchev–Trinajstić information content (AvgIpc) is 3.38. The zero-order chi connectivity index (χ0) is 52.2. The lowest BCUT2D eigenvalue weighted by atomic mass is 10.0. The zero-order valence-corrected chi connectivity index (χ0v) is 48.7. The molecule has 6 heteroatoms. The Morgan fingerprint density at radius 2 is 0.653 bits per heavy atom. The van der Waals surface area contributed by atoms with Crippen LogP contribution in [-0.2, 0) is 14.3 Å². The minimum atomic E-state index is -0.851. The molecule has 0 radical (unpaired) electrons. The van der Waals surface area contributed by atoms with Crippen LogP contribution in [0.25, 0.3) is 0 Å². The minimum Gasteiger partial charge on any atom is -0.466 e. The van der Waals surface area contributed by atoms with Gasteiger partial charge < -0.3 is 20.3 Å². The van der Waals surface area contributed by atoms with E-state index in [1.54, 1.807) is 6.08 Å². The van der Waals surface area contributed by atoms with Crippen molar-refractivity contribution in [2.24, 2.45) is 0 Å². The summed E-state index contributed by atoms with van der Waals surface area (Å²) in [5, 5.41) is 23.2. The van der Waals surface area contributed by atoms with E-state index in [0.717, 1.165) is 51.4 Å². The fraction of sp³-hybridized carbons (Fsp3) is 0.909. The van der Waals surface area contributed by atoms with Crippen molar-refractivity contribution in [2.75, 3.05) is 13.2 Å². The zero-order valence-electron chi connectivity index (χ0n) is 48.7. The predicted molar refractivity (Wildman–Crippen MR) is 315 cm³/mol. The van der Waals surface area contributed by atoms with E-state index in [4.69, 9.17) is 4.74 Å². The number of allylic oxidation sites excluding steroid dienone is 3. The van der Waals surface area contributed by atoms with Crippen molar-refractivity contribution in [3.63, 3.8) is 0 Å². The molecule has 0 saturated carbocycles. The third kappa shape index (κ3) is 57.6. The van der Waals surface area contributed by atoms with Crippen LogP contribution in [0.2, 0.25) is 0 Å². The number of esters is 1. The molecule has 0 aliphatic rings. The van der Waals surface area contributed by atoms with Crippen molar-refractivity contribution >= 4 is 11.9 Å². The number of hydrogen-bond acceptors (Lipinski definition) is 5. The van der Waals surface area contributed by atoms with Crippen molar-refractivity contribution in [1.82, 2.24) is 5.32 Å². The largest absolute Gasteiger partial charge is 0.466 e. The van der Waals surface area contributed by atoms with Gasteiger partial charge in [-0.25, -0.2) is 0 Å². The molecule has 0 aliphatic heterocycles. The number of hydrogen-bond donors (Lipinski definition) is 3. The second-order valence-electron chi connectivity index (χ2n) is 22.5. The second kappa shape index (κ2) is 61.9. The van der Waals surface area contributed by atoms with Gasteiger partial charge in [-0.1, -0.05) is 314 Å². The lowest BCUT2D eigenvalue weighted by Crippen LogP contribution is -2.45. The molecule has 72 heavy (non-hydrogen) atoms. The van der Waals surface area contributed by atoms with Gasteiger partial charge in [0.25, 0.3) is 0 Å². The first kappa shape index (κ1) is 70.3. The monoisotopic (exact) mass is 1010 g/mol. The minimum absolute atomic E-state index is 0.00675. The lowest BCUT2D eigenvalue weighted by Gasteiger charge is -2.20. The summed E-state index contributed by atoms with van der Waals surface area (Å²) in [5.41, 5.74) is 0. The Morgan fingerprint density at radius 3 is 0.986 bits per heavy atom. The first-order valence-electron chi connectivity index (χ1n) is 32.6. The molecule has 0 spiro atoms. The van der Waals surface area contributed by atoms with Gasteiger partial charge >= 0.3 is 5.97 Å². The van der Waals surface area contributed by atoms with Crippen LogP contribution in [0.15, 0.2) is 24.3 Å². The molecule has 1 amide bonds. The molecule has 0 fully saturated rings. The molecular weight excluding hydrogens is 887 g/mol. The van der Waals surface area contributed by atoms with Gasteiger partial charge in [0.15, 0.2) is 0 Å². The predicted octanol–water partition coefficient (Wildman–Crippen LogP) is 20.6. The normalized spacial score (nSPS) is 12.7. The van der Waals surface area contributed by atoms with Crippen molar-refractivity contribution in [2.45, 2.75) is 373 Å². The van der Waals surface area contributed by atoms with Gasteiger partial charge in [0.2, 0.25) is 5.91 Å². The molecule has 2 atom stereocenters. The Hall–Kier alpha value is -1.66. The number of rotatable bonds is 61. The molecule has 0 heterocycles.